The zero-order valence-electron chi connectivity index (χ0n) is 11.1. The summed E-state index contributed by atoms with van der Waals surface area (Å²) in [7, 11) is 2.14. The van der Waals surface area contributed by atoms with Crippen LogP contribution in [-0.2, 0) is 6.54 Å². The maximum atomic E-state index is 8.85. The van der Waals surface area contributed by atoms with E-state index in [1.54, 1.807) is 0 Å². The van der Waals surface area contributed by atoms with Crippen LogP contribution in [0.25, 0.3) is 0 Å². The molecule has 0 bridgehead atoms. The van der Waals surface area contributed by atoms with Gasteiger partial charge in [0.1, 0.15) is 0 Å². The van der Waals surface area contributed by atoms with Crippen molar-refractivity contribution in [2.24, 2.45) is 5.92 Å². The Morgan fingerprint density at radius 3 is 2.82 bits per heavy atom. The molecule has 0 aliphatic carbocycles. The van der Waals surface area contributed by atoms with E-state index in [-0.39, 0.29) is 0 Å². The quantitative estimate of drug-likeness (QED) is 0.748. The summed E-state index contributed by atoms with van der Waals surface area (Å²) >= 11 is 0. The minimum absolute atomic E-state index is 0.740. The minimum Gasteiger partial charge on any atom is -0.302 e. The van der Waals surface area contributed by atoms with Gasteiger partial charge in [-0.05, 0) is 37.1 Å². The van der Waals surface area contributed by atoms with Gasteiger partial charge in [-0.2, -0.15) is 5.26 Å². The third kappa shape index (κ3) is 5.01. The van der Waals surface area contributed by atoms with Crippen molar-refractivity contribution in [3.05, 3.63) is 35.4 Å². The van der Waals surface area contributed by atoms with Crippen LogP contribution in [-0.4, -0.2) is 18.5 Å². The fourth-order valence-electron chi connectivity index (χ4n) is 2.23. The number of benzene rings is 1. The predicted molar refractivity (Wildman–Crippen MR) is 71.6 cm³/mol. The molecule has 0 radical (unpaired) electrons. The van der Waals surface area contributed by atoms with Crippen molar-refractivity contribution in [3.8, 4) is 6.07 Å². The number of hydrogen-bond acceptors (Lipinski definition) is 2. The van der Waals surface area contributed by atoms with E-state index in [1.807, 2.05) is 18.2 Å². The summed E-state index contributed by atoms with van der Waals surface area (Å²) in [6, 6.07) is 10.0. The fourth-order valence-corrected chi connectivity index (χ4v) is 2.23. The lowest BCUT2D eigenvalue weighted by molar-refractivity contribution is 0.270. The molecule has 1 rings (SSSR count). The first-order valence-corrected chi connectivity index (χ1v) is 6.33. The van der Waals surface area contributed by atoms with Crippen LogP contribution in [0.2, 0.25) is 0 Å². The van der Waals surface area contributed by atoms with Crippen molar-refractivity contribution in [3.63, 3.8) is 0 Å². The molecule has 1 unspecified atom stereocenters. The molecule has 0 spiro atoms. The molecule has 0 saturated carbocycles. The fraction of sp³-hybridized carbons (Fsp3) is 0.533. The Hall–Kier alpha value is -1.33. The molecule has 0 aromatic heterocycles. The SMILES string of the molecule is CCCC(C)CN(C)Cc1cccc(C#N)c1. The molecule has 2 heteroatoms. The summed E-state index contributed by atoms with van der Waals surface area (Å²) in [6.07, 6.45) is 2.53. The molecule has 0 saturated heterocycles. The smallest absolute Gasteiger partial charge is 0.0991 e. The zero-order chi connectivity index (χ0) is 12.7. The lowest BCUT2D eigenvalue weighted by Crippen LogP contribution is -2.24. The van der Waals surface area contributed by atoms with Crippen LogP contribution < -0.4 is 0 Å². The normalized spacial score (nSPS) is 12.4. The largest absolute Gasteiger partial charge is 0.302 e. The van der Waals surface area contributed by atoms with Crippen LogP contribution in [0.4, 0.5) is 0 Å². The first-order chi connectivity index (χ1) is 8.15. The van der Waals surface area contributed by atoms with Crippen LogP contribution in [0.15, 0.2) is 24.3 Å². The van der Waals surface area contributed by atoms with Crippen molar-refractivity contribution in [1.82, 2.24) is 4.90 Å². The van der Waals surface area contributed by atoms with E-state index in [0.29, 0.717) is 0 Å². The molecule has 1 aromatic rings. The van der Waals surface area contributed by atoms with Crippen molar-refractivity contribution >= 4 is 0 Å². The molecule has 2 nitrogen and oxygen atoms in total. The minimum atomic E-state index is 0.740. The van der Waals surface area contributed by atoms with Crippen LogP contribution in [0.1, 0.15) is 37.8 Å². The summed E-state index contributed by atoms with van der Waals surface area (Å²) in [6.45, 7) is 6.56. The first kappa shape index (κ1) is 13.7. The summed E-state index contributed by atoms with van der Waals surface area (Å²) in [5, 5.41) is 8.85. The van der Waals surface area contributed by atoms with Gasteiger partial charge in [0.15, 0.2) is 0 Å². The molecule has 92 valence electrons. The molecule has 1 aromatic carbocycles. The number of rotatable bonds is 6. The summed E-state index contributed by atoms with van der Waals surface area (Å²) in [4.78, 5) is 2.33. The van der Waals surface area contributed by atoms with Gasteiger partial charge in [-0.1, -0.05) is 32.4 Å². The Morgan fingerprint density at radius 2 is 2.18 bits per heavy atom. The van der Waals surface area contributed by atoms with E-state index in [2.05, 4.69) is 37.9 Å². The lowest BCUT2D eigenvalue weighted by atomic mass is 10.1. The molecule has 0 aliphatic rings. The molecule has 0 amide bonds. The van der Waals surface area contributed by atoms with E-state index < -0.39 is 0 Å². The van der Waals surface area contributed by atoms with Crippen molar-refractivity contribution in [1.29, 1.82) is 5.26 Å². The number of nitrogens with zero attached hydrogens (tertiary/aromatic N) is 2. The van der Waals surface area contributed by atoms with Gasteiger partial charge in [-0.3, -0.25) is 0 Å². The summed E-state index contributed by atoms with van der Waals surface area (Å²) in [5.74, 6) is 0.740. The number of nitriles is 1. The topological polar surface area (TPSA) is 27.0 Å². The molecular weight excluding hydrogens is 208 g/mol. The molecular formula is C15H22N2. The van der Waals surface area contributed by atoms with Gasteiger partial charge in [-0.25, -0.2) is 0 Å². The maximum absolute atomic E-state index is 8.85. The Balaban J connectivity index is 2.50. The maximum Gasteiger partial charge on any atom is 0.0991 e. The van der Waals surface area contributed by atoms with Crippen LogP contribution in [0.3, 0.4) is 0 Å². The predicted octanol–water partition coefficient (Wildman–Crippen LogP) is 3.43. The average Bonchev–Trinajstić information content (AvgIpc) is 2.29. The van der Waals surface area contributed by atoms with Crippen LogP contribution in [0.5, 0.6) is 0 Å². The third-order valence-electron chi connectivity index (χ3n) is 2.91. The van der Waals surface area contributed by atoms with Crippen molar-refractivity contribution in [2.75, 3.05) is 13.6 Å². The molecule has 0 fully saturated rings. The Kier molecular flexibility index (Phi) is 5.72. The molecule has 0 N–H and O–H groups in total. The van der Waals surface area contributed by atoms with Crippen molar-refractivity contribution in [2.45, 2.75) is 33.2 Å². The Labute approximate surface area is 105 Å². The van der Waals surface area contributed by atoms with Gasteiger partial charge in [0.25, 0.3) is 0 Å². The second-order valence-electron chi connectivity index (χ2n) is 4.90. The van der Waals surface area contributed by atoms with E-state index in [9.17, 15) is 0 Å². The monoisotopic (exact) mass is 230 g/mol. The second-order valence-corrected chi connectivity index (χ2v) is 4.90. The van der Waals surface area contributed by atoms with Gasteiger partial charge in [-0.15, -0.1) is 0 Å². The van der Waals surface area contributed by atoms with Gasteiger partial charge < -0.3 is 4.90 Å². The highest BCUT2D eigenvalue weighted by molar-refractivity contribution is 5.32. The van der Waals surface area contributed by atoms with Gasteiger partial charge >= 0.3 is 0 Å². The highest BCUT2D eigenvalue weighted by Crippen LogP contribution is 2.10. The highest BCUT2D eigenvalue weighted by Gasteiger charge is 2.06. The average molecular weight is 230 g/mol. The summed E-state index contributed by atoms with van der Waals surface area (Å²) < 4.78 is 0. The molecule has 0 aliphatic heterocycles. The second kappa shape index (κ2) is 7.09. The van der Waals surface area contributed by atoms with Crippen LogP contribution >= 0.6 is 0 Å². The van der Waals surface area contributed by atoms with Gasteiger partial charge in [0.2, 0.25) is 0 Å². The van der Waals surface area contributed by atoms with E-state index in [1.165, 1.54) is 18.4 Å². The Bertz CT molecular complexity index is 379. The molecule has 0 heterocycles. The molecule has 1 atom stereocenters. The van der Waals surface area contributed by atoms with Crippen molar-refractivity contribution < 1.29 is 0 Å². The Morgan fingerprint density at radius 1 is 1.41 bits per heavy atom. The van der Waals surface area contributed by atoms with Gasteiger partial charge in [0, 0.05) is 13.1 Å². The van der Waals surface area contributed by atoms with Crippen LogP contribution in [0, 0.1) is 17.2 Å². The third-order valence-corrected chi connectivity index (χ3v) is 2.91. The summed E-state index contributed by atoms with van der Waals surface area (Å²) in [5.41, 5.74) is 1.97. The standard InChI is InChI=1S/C15H22N2/c1-4-6-13(2)11-17(3)12-15-8-5-7-14(9-15)10-16/h5,7-9,13H,4,6,11-12H2,1-3H3. The number of hydrogen-bond donors (Lipinski definition) is 0. The first-order valence-electron chi connectivity index (χ1n) is 6.33. The zero-order valence-corrected chi connectivity index (χ0v) is 11.1. The molecule has 17 heavy (non-hydrogen) atoms. The van der Waals surface area contributed by atoms with E-state index >= 15 is 0 Å². The van der Waals surface area contributed by atoms with E-state index in [4.69, 9.17) is 5.26 Å². The van der Waals surface area contributed by atoms with Gasteiger partial charge in [0.05, 0.1) is 11.6 Å². The lowest BCUT2D eigenvalue weighted by Gasteiger charge is -2.21. The highest BCUT2D eigenvalue weighted by atomic mass is 15.1. The van der Waals surface area contributed by atoms with E-state index in [0.717, 1.165) is 24.6 Å².